The van der Waals surface area contributed by atoms with Crippen molar-refractivity contribution in [1.82, 2.24) is 9.55 Å². The summed E-state index contributed by atoms with van der Waals surface area (Å²) in [5, 5.41) is 0. The maximum absolute atomic E-state index is 10.9. The minimum Gasteiger partial charge on any atom is -0.334 e. The highest BCUT2D eigenvalue weighted by Crippen LogP contribution is 2.29. The second-order valence-electron chi connectivity index (χ2n) is 4.13. The average Bonchev–Trinajstić information content (AvgIpc) is 2.69. The van der Waals surface area contributed by atoms with Crippen molar-refractivity contribution in [3.05, 3.63) is 18.2 Å². The lowest BCUT2D eigenvalue weighted by atomic mass is 10.2. The van der Waals surface area contributed by atoms with E-state index in [2.05, 4.69) is 9.55 Å². The van der Waals surface area contributed by atoms with E-state index in [1.165, 1.54) is 25.7 Å². The Morgan fingerprint density at radius 3 is 2.93 bits per heavy atom. The van der Waals surface area contributed by atoms with Crippen LogP contribution in [-0.4, -0.2) is 15.3 Å². The van der Waals surface area contributed by atoms with Crippen LogP contribution in [0.3, 0.4) is 0 Å². The number of rotatable bonds is 3. The fourth-order valence-electron chi connectivity index (χ4n) is 2.13. The first kappa shape index (κ1) is 9.44. The van der Waals surface area contributed by atoms with E-state index in [0.29, 0.717) is 12.5 Å². The summed E-state index contributed by atoms with van der Waals surface area (Å²) in [5.41, 5.74) is 0.907. The van der Waals surface area contributed by atoms with Crippen molar-refractivity contribution in [1.29, 1.82) is 0 Å². The lowest BCUT2D eigenvalue weighted by Crippen LogP contribution is -2.01. The highest BCUT2D eigenvalue weighted by atomic mass is 16.1. The van der Waals surface area contributed by atoms with Gasteiger partial charge in [0, 0.05) is 18.7 Å². The van der Waals surface area contributed by atoms with Crippen LogP contribution in [-0.2, 0) is 11.2 Å². The van der Waals surface area contributed by atoms with Gasteiger partial charge >= 0.3 is 0 Å². The predicted octanol–water partition coefficient (Wildman–Crippen LogP) is 2.13. The van der Waals surface area contributed by atoms with E-state index in [9.17, 15) is 4.79 Å². The summed E-state index contributed by atoms with van der Waals surface area (Å²) in [6, 6.07) is 0.628. The molecule has 0 spiro atoms. The zero-order chi connectivity index (χ0) is 9.97. The van der Waals surface area contributed by atoms with E-state index < -0.39 is 0 Å². The lowest BCUT2D eigenvalue weighted by Gasteiger charge is -2.09. The summed E-state index contributed by atoms with van der Waals surface area (Å²) in [7, 11) is 0. The Kier molecular flexibility index (Phi) is 2.66. The standard InChI is InChI=1S/C11H16N2O/c1-9(14)6-10-7-13(8-12-10)11-4-2-3-5-11/h7-8,11H,2-6H2,1H3. The molecule has 3 nitrogen and oxygen atoms in total. The molecule has 0 unspecified atom stereocenters. The number of carbonyl (C=O) groups is 1. The third kappa shape index (κ3) is 2.03. The van der Waals surface area contributed by atoms with Crippen LogP contribution < -0.4 is 0 Å². The summed E-state index contributed by atoms with van der Waals surface area (Å²) in [6.07, 6.45) is 9.53. The molecule has 1 aromatic rings. The molecule has 0 aliphatic heterocycles. The number of carbonyl (C=O) groups excluding carboxylic acids is 1. The quantitative estimate of drug-likeness (QED) is 0.735. The Hall–Kier alpha value is -1.12. The molecule has 1 aromatic heterocycles. The summed E-state index contributed by atoms with van der Waals surface area (Å²) < 4.78 is 2.17. The topological polar surface area (TPSA) is 34.9 Å². The van der Waals surface area contributed by atoms with Crippen LogP contribution in [0.25, 0.3) is 0 Å². The zero-order valence-corrected chi connectivity index (χ0v) is 8.57. The van der Waals surface area contributed by atoms with Gasteiger partial charge in [-0.15, -0.1) is 0 Å². The van der Waals surface area contributed by atoms with Gasteiger partial charge in [0.05, 0.1) is 12.0 Å². The van der Waals surface area contributed by atoms with Gasteiger partial charge in [0.25, 0.3) is 0 Å². The molecule has 0 radical (unpaired) electrons. The van der Waals surface area contributed by atoms with E-state index in [1.54, 1.807) is 6.92 Å². The van der Waals surface area contributed by atoms with Gasteiger partial charge in [-0.25, -0.2) is 4.98 Å². The molecule has 1 saturated carbocycles. The van der Waals surface area contributed by atoms with Gasteiger partial charge in [-0.2, -0.15) is 0 Å². The largest absolute Gasteiger partial charge is 0.334 e. The summed E-state index contributed by atoms with van der Waals surface area (Å²) in [5.74, 6) is 0.182. The van der Waals surface area contributed by atoms with Crippen molar-refractivity contribution in [3.8, 4) is 0 Å². The molecule has 76 valence electrons. The molecule has 0 amide bonds. The molecule has 2 rings (SSSR count). The summed E-state index contributed by atoms with van der Waals surface area (Å²) in [6.45, 7) is 1.61. The van der Waals surface area contributed by atoms with Gasteiger partial charge in [-0.3, -0.25) is 4.79 Å². The summed E-state index contributed by atoms with van der Waals surface area (Å²) in [4.78, 5) is 15.1. The molecule has 0 saturated heterocycles. The van der Waals surface area contributed by atoms with Gasteiger partial charge in [0.1, 0.15) is 5.78 Å². The monoisotopic (exact) mass is 192 g/mol. The van der Waals surface area contributed by atoms with Gasteiger partial charge in [0.2, 0.25) is 0 Å². The molecule has 1 heterocycles. The first-order chi connectivity index (χ1) is 6.75. The minimum absolute atomic E-state index is 0.182. The first-order valence-corrected chi connectivity index (χ1v) is 5.27. The number of hydrogen-bond acceptors (Lipinski definition) is 2. The van der Waals surface area contributed by atoms with Crippen LogP contribution in [0.1, 0.15) is 44.3 Å². The molecular weight excluding hydrogens is 176 g/mol. The maximum atomic E-state index is 10.9. The molecule has 1 aliphatic rings. The number of Topliss-reactive ketones (excluding diaryl/α,β-unsaturated/α-hetero) is 1. The SMILES string of the molecule is CC(=O)Cc1cn(C2CCCC2)cn1. The van der Waals surface area contributed by atoms with E-state index in [4.69, 9.17) is 0 Å². The van der Waals surface area contributed by atoms with Crippen LogP contribution in [0, 0.1) is 0 Å². The van der Waals surface area contributed by atoms with Gasteiger partial charge in [0.15, 0.2) is 0 Å². The number of aromatic nitrogens is 2. The predicted molar refractivity (Wildman–Crippen MR) is 54.1 cm³/mol. The lowest BCUT2D eigenvalue weighted by molar-refractivity contribution is -0.116. The van der Waals surface area contributed by atoms with Crippen molar-refractivity contribution < 1.29 is 4.79 Å². The van der Waals surface area contributed by atoms with E-state index in [-0.39, 0.29) is 5.78 Å². The van der Waals surface area contributed by atoms with Crippen molar-refractivity contribution in [2.24, 2.45) is 0 Å². The van der Waals surface area contributed by atoms with E-state index in [1.807, 2.05) is 12.5 Å². The van der Waals surface area contributed by atoms with Gasteiger partial charge < -0.3 is 4.57 Å². The Morgan fingerprint density at radius 1 is 1.57 bits per heavy atom. The van der Waals surface area contributed by atoms with Crippen LogP contribution >= 0.6 is 0 Å². The second-order valence-corrected chi connectivity index (χ2v) is 4.13. The Bertz CT molecular complexity index is 324. The number of hydrogen-bond donors (Lipinski definition) is 0. The van der Waals surface area contributed by atoms with Crippen LogP contribution in [0.4, 0.5) is 0 Å². The van der Waals surface area contributed by atoms with Crippen molar-refractivity contribution in [2.75, 3.05) is 0 Å². The molecule has 0 N–H and O–H groups in total. The normalized spacial score (nSPS) is 17.5. The van der Waals surface area contributed by atoms with Crippen molar-refractivity contribution >= 4 is 5.78 Å². The van der Waals surface area contributed by atoms with E-state index >= 15 is 0 Å². The Morgan fingerprint density at radius 2 is 2.29 bits per heavy atom. The van der Waals surface area contributed by atoms with Gasteiger partial charge in [-0.05, 0) is 19.8 Å². The average molecular weight is 192 g/mol. The Labute approximate surface area is 84.1 Å². The number of nitrogens with zero attached hydrogens (tertiary/aromatic N) is 2. The van der Waals surface area contributed by atoms with Crippen molar-refractivity contribution in [2.45, 2.75) is 45.1 Å². The number of ketones is 1. The molecule has 0 atom stereocenters. The second kappa shape index (κ2) is 3.95. The van der Waals surface area contributed by atoms with Crippen molar-refractivity contribution in [3.63, 3.8) is 0 Å². The smallest absolute Gasteiger partial charge is 0.135 e. The fourth-order valence-corrected chi connectivity index (χ4v) is 2.13. The molecule has 1 aliphatic carbocycles. The van der Waals surface area contributed by atoms with E-state index in [0.717, 1.165) is 5.69 Å². The zero-order valence-electron chi connectivity index (χ0n) is 8.57. The molecule has 3 heteroatoms. The number of imidazole rings is 1. The molecular formula is C11H16N2O. The van der Waals surface area contributed by atoms with Crippen LogP contribution in [0.5, 0.6) is 0 Å². The molecule has 0 bridgehead atoms. The summed E-state index contributed by atoms with van der Waals surface area (Å²) >= 11 is 0. The highest BCUT2D eigenvalue weighted by molar-refractivity contribution is 5.77. The fraction of sp³-hybridized carbons (Fsp3) is 0.636. The Balaban J connectivity index is 2.05. The minimum atomic E-state index is 0.182. The highest BCUT2D eigenvalue weighted by Gasteiger charge is 2.16. The third-order valence-corrected chi connectivity index (χ3v) is 2.83. The first-order valence-electron chi connectivity index (χ1n) is 5.27. The molecule has 1 fully saturated rings. The maximum Gasteiger partial charge on any atom is 0.135 e. The van der Waals surface area contributed by atoms with Crippen LogP contribution in [0.15, 0.2) is 12.5 Å². The van der Waals surface area contributed by atoms with Gasteiger partial charge in [-0.1, -0.05) is 12.8 Å². The molecule has 0 aromatic carbocycles. The molecule has 14 heavy (non-hydrogen) atoms. The van der Waals surface area contributed by atoms with Crippen LogP contribution in [0.2, 0.25) is 0 Å². The third-order valence-electron chi connectivity index (χ3n) is 2.83.